The molecule has 0 saturated carbocycles. The summed E-state index contributed by atoms with van der Waals surface area (Å²) in [5.41, 5.74) is 6.58. The second-order valence-electron chi connectivity index (χ2n) is 4.88. The summed E-state index contributed by atoms with van der Waals surface area (Å²) in [4.78, 5) is 11.7. The quantitative estimate of drug-likeness (QED) is 0.821. The van der Waals surface area contributed by atoms with Crippen molar-refractivity contribution in [1.29, 1.82) is 0 Å². The molecule has 1 saturated heterocycles. The summed E-state index contributed by atoms with van der Waals surface area (Å²) in [6, 6.07) is 4.39. The van der Waals surface area contributed by atoms with E-state index in [1.54, 1.807) is 19.1 Å². The van der Waals surface area contributed by atoms with Crippen molar-refractivity contribution in [3.8, 4) is 0 Å². The van der Waals surface area contributed by atoms with Crippen molar-refractivity contribution in [1.82, 2.24) is 4.31 Å². The van der Waals surface area contributed by atoms with Crippen LogP contribution >= 0.6 is 0 Å². The first-order chi connectivity index (χ1) is 9.36. The van der Waals surface area contributed by atoms with E-state index in [0.29, 0.717) is 25.1 Å². The molecule has 0 aromatic heterocycles. The Morgan fingerprint density at radius 1 is 1.45 bits per heavy atom. The second-order valence-corrected chi connectivity index (χ2v) is 6.79. The zero-order chi connectivity index (χ0) is 14.9. The molecule has 0 spiro atoms. The first kappa shape index (κ1) is 15.0. The molecule has 0 aliphatic carbocycles. The molecule has 2 rings (SSSR count). The van der Waals surface area contributed by atoms with E-state index in [0.717, 1.165) is 0 Å². The van der Waals surface area contributed by atoms with Crippen molar-refractivity contribution in [3.63, 3.8) is 0 Å². The zero-order valence-corrected chi connectivity index (χ0v) is 12.3. The standard InChI is InChI=1S/C13H18N2O4S/c1-9-3-4-10(13(16)19-2)7-12(9)20(17,18)15-6-5-11(14)8-15/h3-4,7,11H,5-6,8,14H2,1-2H3/t11-/m1/s1. The summed E-state index contributed by atoms with van der Waals surface area (Å²) >= 11 is 0. The number of benzene rings is 1. The number of sulfonamides is 1. The molecule has 0 bridgehead atoms. The van der Waals surface area contributed by atoms with Crippen LogP contribution in [-0.4, -0.2) is 44.9 Å². The number of nitrogens with zero attached hydrogens (tertiary/aromatic N) is 1. The highest BCUT2D eigenvalue weighted by atomic mass is 32.2. The highest BCUT2D eigenvalue weighted by Crippen LogP contribution is 2.24. The van der Waals surface area contributed by atoms with Gasteiger partial charge in [0, 0.05) is 19.1 Å². The number of aryl methyl sites for hydroxylation is 1. The van der Waals surface area contributed by atoms with Gasteiger partial charge in [0.25, 0.3) is 0 Å². The van der Waals surface area contributed by atoms with E-state index in [-0.39, 0.29) is 16.5 Å². The van der Waals surface area contributed by atoms with Crippen molar-refractivity contribution < 1.29 is 17.9 Å². The lowest BCUT2D eigenvalue weighted by molar-refractivity contribution is 0.0600. The number of rotatable bonds is 3. The van der Waals surface area contributed by atoms with Gasteiger partial charge in [-0.1, -0.05) is 6.07 Å². The maximum atomic E-state index is 12.6. The van der Waals surface area contributed by atoms with Crippen LogP contribution < -0.4 is 5.73 Å². The van der Waals surface area contributed by atoms with Crippen LogP contribution in [0.4, 0.5) is 0 Å². The van der Waals surface area contributed by atoms with Gasteiger partial charge >= 0.3 is 5.97 Å². The van der Waals surface area contributed by atoms with Gasteiger partial charge in [0.1, 0.15) is 0 Å². The predicted molar refractivity (Wildman–Crippen MR) is 73.9 cm³/mol. The van der Waals surface area contributed by atoms with Crippen LogP contribution in [0.2, 0.25) is 0 Å². The van der Waals surface area contributed by atoms with Crippen molar-refractivity contribution in [2.75, 3.05) is 20.2 Å². The number of ether oxygens (including phenoxy) is 1. The fraction of sp³-hybridized carbons (Fsp3) is 0.462. The average Bonchev–Trinajstić information content (AvgIpc) is 2.85. The van der Waals surface area contributed by atoms with Crippen LogP contribution in [-0.2, 0) is 14.8 Å². The Morgan fingerprint density at radius 2 is 2.15 bits per heavy atom. The van der Waals surface area contributed by atoms with Crippen LogP contribution in [0.3, 0.4) is 0 Å². The number of methoxy groups -OCH3 is 1. The Labute approximate surface area is 118 Å². The van der Waals surface area contributed by atoms with E-state index in [1.807, 2.05) is 0 Å². The Hall–Kier alpha value is -1.44. The SMILES string of the molecule is COC(=O)c1ccc(C)c(S(=O)(=O)N2CC[C@@H](N)C2)c1. The Morgan fingerprint density at radius 3 is 2.70 bits per heavy atom. The van der Waals surface area contributed by atoms with Crippen LogP contribution in [0.25, 0.3) is 0 Å². The second kappa shape index (κ2) is 5.51. The van der Waals surface area contributed by atoms with Gasteiger partial charge in [-0.15, -0.1) is 0 Å². The summed E-state index contributed by atoms with van der Waals surface area (Å²) in [6.45, 7) is 2.42. The molecule has 0 unspecified atom stereocenters. The molecule has 20 heavy (non-hydrogen) atoms. The maximum absolute atomic E-state index is 12.6. The molecule has 1 aliphatic rings. The monoisotopic (exact) mass is 298 g/mol. The van der Waals surface area contributed by atoms with E-state index in [2.05, 4.69) is 4.74 Å². The number of hydrogen-bond donors (Lipinski definition) is 1. The lowest BCUT2D eigenvalue weighted by atomic mass is 10.1. The Bertz CT molecular complexity index is 627. The third kappa shape index (κ3) is 2.70. The van der Waals surface area contributed by atoms with Gasteiger partial charge in [0.15, 0.2) is 0 Å². The number of esters is 1. The van der Waals surface area contributed by atoms with Crippen LogP contribution in [0, 0.1) is 6.92 Å². The first-order valence-electron chi connectivity index (χ1n) is 6.31. The van der Waals surface area contributed by atoms with Gasteiger partial charge in [0.05, 0.1) is 17.6 Å². The van der Waals surface area contributed by atoms with Crippen molar-refractivity contribution in [2.24, 2.45) is 5.73 Å². The molecule has 1 aliphatic heterocycles. The number of carbonyl (C=O) groups excluding carboxylic acids is 1. The van der Waals surface area contributed by atoms with Gasteiger partial charge in [-0.2, -0.15) is 4.31 Å². The van der Waals surface area contributed by atoms with E-state index in [1.165, 1.54) is 17.5 Å². The lowest BCUT2D eigenvalue weighted by Gasteiger charge is -2.18. The minimum atomic E-state index is -3.62. The fourth-order valence-electron chi connectivity index (χ4n) is 2.23. The Balaban J connectivity index is 2.43. The van der Waals surface area contributed by atoms with Crippen LogP contribution in [0.5, 0.6) is 0 Å². The molecule has 110 valence electrons. The summed E-state index contributed by atoms with van der Waals surface area (Å²) in [5, 5.41) is 0. The zero-order valence-electron chi connectivity index (χ0n) is 11.5. The van der Waals surface area contributed by atoms with Gasteiger partial charge < -0.3 is 10.5 Å². The molecular weight excluding hydrogens is 280 g/mol. The van der Waals surface area contributed by atoms with Gasteiger partial charge in [-0.05, 0) is 31.0 Å². The topological polar surface area (TPSA) is 89.7 Å². The van der Waals surface area contributed by atoms with Gasteiger partial charge in [0.2, 0.25) is 10.0 Å². The molecule has 0 radical (unpaired) electrons. The summed E-state index contributed by atoms with van der Waals surface area (Å²) < 4.78 is 31.1. The molecule has 1 fully saturated rings. The number of nitrogens with two attached hydrogens (primary N) is 1. The van der Waals surface area contributed by atoms with Gasteiger partial charge in [-0.25, -0.2) is 13.2 Å². The largest absolute Gasteiger partial charge is 0.465 e. The molecule has 7 heteroatoms. The first-order valence-corrected chi connectivity index (χ1v) is 7.75. The molecule has 1 aromatic rings. The molecule has 6 nitrogen and oxygen atoms in total. The Kier molecular flexibility index (Phi) is 4.12. The van der Waals surface area contributed by atoms with Crippen molar-refractivity contribution in [2.45, 2.75) is 24.3 Å². The molecule has 0 amide bonds. The van der Waals surface area contributed by atoms with E-state index in [9.17, 15) is 13.2 Å². The normalized spacial score (nSPS) is 20.1. The molecule has 1 aromatic carbocycles. The maximum Gasteiger partial charge on any atom is 0.337 e. The number of hydrogen-bond acceptors (Lipinski definition) is 5. The minimum absolute atomic E-state index is 0.131. The minimum Gasteiger partial charge on any atom is -0.465 e. The molecule has 1 atom stereocenters. The predicted octanol–water partition coefficient (Wildman–Crippen LogP) is 0.503. The summed E-state index contributed by atoms with van der Waals surface area (Å²) in [5.74, 6) is -0.556. The lowest BCUT2D eigenvalue weighted by Crippen LogP contribution is -2.32. The summed E-state index contributed by atoms with van der Waals surface area (Å²) in [7, 11) is -2.36. The van der Waals surface area contributed by atoms with E-state index < -0.39 is 16.0 Å². The molecular formula is C13H18N2O4S. The number of carbonyl (C=O) groups is 1. The molecule has 1 heterocycles. The van der Waals surface area contributed by atoms with Crippen LogP contribution in [0.1, 0.15) is 22.3 Å². The van der Waals surface area contributed by atoms with Crippen molar-refractivity contribution >= 4 is 16.0 Å². The smallest absolute Gasteiger partial charge is 0.337 e. The van der Waals surface area contributed by atoms with Crippen molar-refractivity contribution in [3.05, 3.63) is 29.3 Å². The summed E-state index contributed by atoms with van der Waals surface area (Å²) in [6.07, 6.45) is 0.648. The van der Waals surface area contributed by atoms with E-state index >= 15 is 0 Å². The van der Waals surface area contributed by atoms with Gasteiger partial charge in [-0.3, -0.25) is 0 Å². The average molecular weight is 298 g/mol. The third-order valence-corrected chi connectivity index (χ3v) is 5.42. The van der Waals surface area contributed by atoms with Crippen LogP contribution in [0.15, 0.2) is 23.1 Å². The molecule has 2 N–H and O–H groups in total. The van der Waals surface area contributed by atoms with E-state index in [4.69, 9.17) is 5.73 Å². The highest BCUT2D eigenvalue weighted by molar-refractivity contribution is 7.89. The third-order valence-electron chi connectivity index (χ3n) is 3.41. The fourth-order valence-corrected chi connectivity index (χ4v) is 4.00. The highest BCUT2D eigenvalue weighted by Gasteiger charge is 2.32.